The first-order valence-electron chi connectivity index (χ1n) is 12.3. The third-order valence-electron chi connectivity index (χ3n) is 6.26. The van der Waals surface area contributed by atoms with E-state index in [1.54, 1.807) is 48.5 Å². The van der Waals surface area contributed by atoms with Gasteiger partial charge in [-0.3, -0.25) is 14.4 Å². The molecule has 0 saturated carbocycles. The van der Waals surface area contributed by atoms with Gasteiger partial charge in [-0.2, -0.15) is 13.2 Å². The van der Waals surface area contributed by atoms with Crippen LogP contribution in [-0.2, 0) is 17.4 Å². The average Bonchev–Trinajstić information content (AvgIpc) is 2.90. The maximum absolute atomic E-state index is 14.8. The van der Waals surface area contributed by atoms with Crippen molar-refractivity contribution in [2.75, 3.05) is 6.54 Å². The second-order valence-corrected chi connectivity index (χ2v) is 9.97. The molecule has 5 nitrogen and oxygen atoms in total. The summed E-state index contributed by atoms with van der Waals surface area (Å²) in [6.07, 6.45) is -3.07. The summed E-state index contributed by atoms with van der Waals surface area (Å²) in [5.41, 5.74) is -0.162. The van der Waals surface area contributed by atoms with Gasteiger partial charge >= 0.3 is 12.1 Å². The molecule has 2 N–H and O–H groups in total. The minimum Gasteiger partial charge on any atom is -0.481 e. The Bertz CT molecular complexity index is 1360. The highest BCUT2D eigenvalue weighted by molar-refractivity contribution is 6.31. The van der Waals surface area contributed by atoms with E-state index in [4.69, 9.17) is 28.3 Å². The van der Waals surface area contributed by atoms with Gasteiger partial charge in [-0.05, 0) is 66.8 Å². The van der Waals surface area contributed by atoms with Crippen LogP contribution in [0.5, 0.6) is 0 Å². The maximum atomic E-state index is 14.8. The van der Waals surface area contributed by atoms with E-state index in [1.165, 1.54) is 0 Å². The molecule has 0 aromatic heterocycles. The highest BCUT2D eigenvalue weighted by Crippen LogP contribution is 2.36. The molecule has 0 radical (unpaired) electrons. The van der Waals surface area contributed by atoms with Crippen molar-refractivity contribution in [2.45, 2.75) is 44.2 Å². The van der Waals surface area contributed by atoms with Crippen LogP contribution in [0, 0.1) is 5.82 Å². The van der Waals surface area contributed by atoms with E-state index < -0.39 is 45.8 Å². The van der Waals surface area contributed by atoms with Crippen molar-refractivity contribution in [2.24, 2.45) is 0 Å². The van der Waals surface area contributed by atoms with E-state index >= 15 is 0 Å². The number of benzene rings is 3. The van der Waals surface area contributed by atoms with Gasteiger partial charge in [0, 0.05) is 23.0 Å². The van der Waals surface area contributed by atoms with Gasteiger partial charge in [-0.1, -0.05) is 53.9 Å². The minimum atomic E-state index is -4.81. The first-order chi connectivity index (χ1) is 18.9. The molecule has 1 atom stereocenters. The van der Waals surface area contributed by atoms with Crippen molar-refractivity contribution in [1.29, 1.82) is 0 Å². The largest absolute Gasteiger partial charge is 0.481 e. The predicted molar refractivity (Wildman–Crippen MR) is 144 cm³/mol. The summed E-state index contributed by atoms with van der Waals surface area (Å²) in [6.45, 7) is 0.0139. The van der Waals surface area contributed by atoms with Crippen LogP contribution < -0.4 is 5.32 Å². The monoisotopic (exact) mass is 597 g/mol. The molecule has 0 bridgehead atoms. The number of carboxylic acids is 1. The van der Waals surface area contributed by atoms with E-state index in [2.05, 4.69) is 5.32 Å². The number of carbonyl (C=O) groups excluding carboxylic acids is 2. The Labute approximate surface area is 238 Å². The fourth-order valence-corrected chi connectivity index (χ4v) is 4.49. The lowest BCUT2D eigenvalue weighted by molar-refractivity contribution is -0.138. The number of rotatable bonds is 12. The first-order valence-corrected chi connectivity index (χ1v) is 13.1. The molecule has 0 aliphatic rings. The number of carboxylic acid groups (broad SMARTS) is 1. The molecule has 1 unspecified atom stereocenters. The lowest BCUT2D eigenvalue weighted by Crippen LogP contribution is -2.25. The fraction of sp³-hybridized carbons (Fsp3) is 0.276. The number of hydrogen-bond donors (Lipinski definition) is 2. The van der Waals surface area contributed by atoms with E-state index in [0.717, 1.165) is 5.56 Å². The molecule has 11 heteroatoms. The molecule has 0 spiro atoms. The quantitative estimate of drug-likeness (QED) is 0.127. The zero-order valence-electron chi connectivity index (χ0n) is 21.0. The first kappa shape index (κ1) is 31.1. The normalized spacial score (nSPS) is 12.2. The van der Waals surface area contributed by atoms with Gasteiger partial charge in [-0.25, -0.2) is 4.39 Å². The molecule has 0 aliphatic carbocycles. The number of aliphatic carboxylic acids is 1. The molecule has 3 aromatic carbocycles. The minimum absolute atomic E-state index is 0.0139. The van der Waals surface area contributed by atoms with E-state index in [0.29, 0.717) is 47.5 Å². The average molecular weight is 598 g/mol. The number of Topliss-reactive ketones (excluding diaryl/α,β-unsaturated/α-hetero) is 1. The van der Waals surface area contributed by atoms with Gasteiger partial charge < -0.3 is 10.4 Å². The van der Waals surface area contributed by atoms with Crippen molar-refractivity contribution in [3.8, 4) is 0 Å². The Morgan fingerprint density at radius 3 is 2.17 bits per heavy atom. The number of nitrogens with one attached hydrogen (secondary N) is 1. The van der Waals surface area contributed by atoms with Crippen LogP contribution in [0.4, 0.5) is 17.6 Å². The highest BCUT2D eigenvalue weighted by Gasteiger charge is 2.34. The third kappa shape index (κ3) is 8.53. The van der Waals surface area contributed by atoms with Crippen molar-refractivity contribution < 1.29 is 37.1 Å². The Kier molecular flexibility index (Phi) is 10.7. The van der Waals surface area contributed by atoms with Gasteiger partial charge in [0.25, 0.3) is 5.91 Å². The van der Waals surface area contributed by atoms with Crippen molar-refractivity contribution in [3.63, 3.8) is 0 Å². The van der Waals surface area contributed by atoms with Crippen molar-refractivity contribution >= 4 is 40.9 Å². The van der Waals surface area contributed by atoms with Crippen LogP contribution in [0.15, 0.2) is 60.7 Å². The van der Waals surface area contributed by atoms with Crippen molar-refractivity contribution in [3.05, 3.63) is 104 Å². The Morgan fingerprint density at radius 1 is 0.925 bits per heavy atom. The lowest BCUT2D eigenvalue weighted by atomic mass is 9.85. The summed E-state index contributed by atoms with van der Waals surface area (Å²) < 4.78 is 54.7. The Morgan fingerprint density at radius 2 is 1.57 bits per heavy atom. The Hall–Kier alpha value is -3.43. The summed E-state index contributed by atoms with van der Waals surface area (Å²) in [5, 5.41) is 10.8. The van der Waals surface area contributed by atoms with Crippen LogP contribution in [0.25, 0.3) is 0 Å². The fourth-order valence-electron chi connectivity index (χ4n) is 4.15. The van der Waals surface area contributed by atoms with Gasteiger partial charge in [0.05, 0.1) is 22.6 Å². The van der Waals surface area contributed by atoms with Crippen LogP contribution in [-0.4, -0.2) is 29.3 Å². The number of alkyl halides is 3. The van der Waals surface area contributed by atoms with Crippen LogP contribution >= 0.6 is 23.2 Å². The number of ketones is 1. The molecule has 1 amide bonds. The molecule has 0 fully saturated rings. The second kappa shape index (κ2) is 13.8. The summed E-state index contributed by atoms with van der Waals surface area (Å²) in [5.74, 6) is -4.35. The number of aryl methyl sites for hydroxylation is 1. The maximum Gasteiger partial charge on any atom is 0.416 e. The van der Waals surface area contributed by atoms with E-state index in [-0.39, 0.29) is 25.3 Å². The zero-order valence-corrected chi connectivity index (χ0v) is 22.5. The van der Waals surface area contributed by atoms with Crippen LogP contribution in [0.1, 0.15) is 69.0 Å². The summed E-state index contributed by atoms with van der Waals surface area (Å²) in [4.78, 5) is 36.1. The Balaban J connectivity index is 1.70. The summed E-state index contributed by atoms with van der Waals surface area (Å²) in [7, 11) is 0. The zero-order chi connectivity index (χ0) is 29.4. The van der Waals surface area contributed by atoms with Gasteiger partial charge in [0.15, 0.2) is 11.6 Å². The molecule has 0 saturated heterocycles. The SMILES string of the molecule is O=C(O)CCNC(=O)c1ccc(CCCCC(C(=O)c2cc(C(F)(F)F)cc(Cl)c2F)c2ccc(Cl)cc2)cc1. The topological polar surface area (TPSA) is 83.5 Å². The molecule has 212 valence electrons. The number of halogens is 6. The number of hydrogen-bond acceptors (Lipinski definition) is 3. The smallest absolute Gasteiger partial charge is 0.416 e. The van der Waals surface area contributed by atoms with Gasteiger partial charge in [-0.15, -0.1) is 0 Å². The van der Waals surface area contributed by atoms with Gasteiger partial charge in [0.2, 0.25) is 0 Å². The molecule has 0 heterocycles. The standard InChI is InChI=1S/C29H25Cl2F4NO4/c30-21-11-9-18(10-12-21)22(27(39)23-15-20(29(33,34)35)16-24(31)26(23)32)4-2-1-3-17-5-7-19(8-6-17)28(40)36-14-13-25(37)38/h5-12,15-16,22H,1-4,13-14H2,(H,36,40)(H,37,38). The second-order valence-electron chi connectivity index (χ2n) is 9.13. The van der Waals surface area contributed by atoms with Gasteiger partial charge in [0.1, 0.15) is 0 Å². The molecule has 0 aliphatic heterocycles. The number of unbranched alkanes of at least 4 members (excludes halogenated alkanes) is 1. The van der Waals surface area contributed by atoms with E-state index in [1.807, 2.05) is 0 Å². The predicted octanol–water partition coefficient (Wildman–Crippen LogP) is 7.74. The molecular weight excluding hydrogens is 573 g/mol. The third-order valence-corrected chi connectivity index (χ3v) is 6.79. The number of carbonyl (C=O) groups is 3. The van der Waals surface area contributed by atoms with Crippen molar-refractivity contribution in [1.82, 2.24) is 5.32 Å². The number of amides is 1. The molecule has 40 heavy (non-hydrogen) atoms. The summed E-state index contributed by atoms with van der Waals surface area (Å²) in [6, 6.07) is 14.0. The molecule has 3 aromatic rings. The van der Waals surface area contributed by atoms with E-state index in [9.17, 15) is 31.9 Å². The van der Waals surface area contributed by atoms with Crippen LogP contribution in [0.3, 0.4) is 0 Å². The summed E-state index contributed by atoms with van der Waals surface area (Å²) >= 11 is 11.7. The molecule has 3 rings (SSSR count). The highest BCUT2D eigenvalue weighted by atomic mass is 35.5. The lowest BCUT2D eigenvalue weighted by Gasteiger charge is -2.19. The molecular formula is C29H25Cl2F4NO4. The van der Waals surface area contributed by atoms with Crippen LogP contribution in [0.2, 0.25) is 10.0 Å².